The van der Waals surface area contributed by atoms with Crippen molar-refractivity contribution in [1.82, 2.24) is 0 Å². The normalized spacial score (nSPS) is 12.6. The third-order valence-electron chi connectivity index (χ3n) is 2.40. The van der Waals surface area contributed by atoms with Crippen molar-refractivity contribution in [2.75, 3.05) is 25.0 Å². The highest BCUT2D eigenvalue weighted by Gasteiger charge is 2.07. The van der Waals surface area contributed by atoms with E-state index >= 15 is 0 Å². The zero-order valence-corrected chi connectivity index (χ0v) is 9.70. The minimum Gasteiger partial charge on any atom is -0.390 e. The summed E-state index contributed by atoms with van der Waals surface area (Å²) in [4.78, 5) is 2.03. The van der Waals surface area contributed by atoms with Crippen molar-refractivity contribution in [3.8, 4) is 0 Å². The minimum atomic E-state index is -0.462. The summed E-state index contributed by atoms with van der Waals surface area (Å²) in [6, 6.07) is 6.35. The monoisotopic (exact) mass is 208 g/mol. The Balaban J connectivity index is 2.77. The van der Waals surface area contributed by atoms with Crippen LogP contribution < -0.4 is 10.6 Å². The molecular formula is C12H20N2O. The summed E-state index contributed by atoms with van der Waals surface area (Å²) in [5.41, 5.74) is 8.98. The number of anilines is 1. The molecule has 1 aromatic carbocycles. The van der Waals surface area contributed by atoms with Gasteiger partial charge in [0.05, 0.1) is 6.10 Å². The quantitative estimate of drug-likeness (QED) is 0.778. The van der Waals surface area contributed by atoms with E-state index in [1.165, 1.54) is 11.1 Å². The van der Waals surface area contributed by atoms with Crippen LogP contribution in [-0.2, 0) is 0 Å². The lowest BCUT2D eigenvalue weighted by Gasteiger charge is -2.22. The predicted molar refractivity (Wildman–Crippen MR) is 64.2 cm³/mol. The summed E-state index contributed by atoms with van der Waals surface area (Å²) in [6.45, 7) is 5.02. The smallest absolute Gasteiger partial charge is 0.0836 e. The maximum Gasteiger partial charge on any atom is 0.0836 e. The molecule has 3 nitrogen and oxygen atoms in total. The van der Waals surface area contributed by atoms with Gasteiger partial charge in [-0.25, -0.2) is 0 Å². The number of aliphatic hydroxyl groups excluding tert-OH is 1. The molecule has 0 radical (unpaired) electrons. The van der Waals surface area contributed by atoms with Gasteiger partial charge in [-0.05, 0) is 37.1 Å². The van der Waals surface area contributed by atoms with Gasteiger partial charge in [-0.3, -0.25) is 0 Å². The van der Waals surface area contributed by atoms with Crippen LogP contribution in [0.15, 0.2) is 18.2 Å². The highest BCUT2D eigenvalue weighted by molar-refractivity contribution is 5.50. The summed E-state index contributed by atoms with van der Waals surface area (Å²) in [5, 5.41) is 9.46. The van der Waals surface area contributed by atoms with Gasteiger partial charge in [-0.15, -0.1) is 0 Å². The molecule has 0 aliphatic carbocycles. The maximum absolute atomic E-state index is 9.46. The molecule has 1 rings (SSSR count). The molecule has 3 N–H and O–H groups in total. The van der Waals surface area contributed by atoms with Gasteiger partial charge in [0.25, 0.3) is 0 Å². The average Bonchev–Trinajstić information content (AvgIpc) is 2.16. The van der Waals surface area contributed by atoms with E-state index in [1.807, 2.05) is 11.9 Å². The van der Waals surface area contributed by atoms with Gasteiger partial charge < -0.3 is 15.7 Å². The molecule has 0 bridgehead atoms. The number of hydrogen-bond acceptors (Lipinski definition) is 3. The first-order valence-electron chi connectivity index (χ1n) is 5.20. The molecule has 84 valence electrons. The van der Waals surface area contributed by atoms with Gasteiger partial charge in [0.2, 0.25) is 0 Å². The molecule has 15 heavy (non-hydrogen) atoms. The van der Waals surface area contributed by atoms with Crippen LogP contribution in [-0.4, -0.2) is 31.3 Å². The lowest BCUT2D eigenvalue weighted by Crippen LogP contribution is -2.34. The van der Waals surface area contributed by atoms with Crippen molar-refractivity contribution in [3.05, 3.63) is 29.3 Å². The van der Waals surface area contributed by atoms with E-state index in [2.05, 4.69) is 32.0 Å². The fourth-order valence-electron chi connectivity index (χ4n) is 1.67. The number of nitrogens with two attached hydrogens (primary N) is 1. The lowest BCUT2D eigenvalue weighted by atomic mass is 10.1. The Kier molecular flexibility index (Phi) is 4.12. The molecule has 0 amide bonds. The Morgan fingerprint density at radius 1 is 1.27 bits per heavy atom. The first-order valence-corrected chi connectivity index (χ1v) is 5.20. The van der Waals surface area contributed by atoms with Crippen LogP contribution >= 0.6 is 0 Å². The van der Waals surface area contributed by atoms with E-state index in [9.17, 15) is 5.11 Å². The number of hydrogen-bond donors (Lipinski definition) is 2. The van der Waals surface area contributed by atoms with E-state index in [1.54, 1.807) is 0 Å². The van der Waals surface area contributed by atoms with Gasteiger partial charge in [0.15, 0.2) is 0 Å². The fourth-order valence-corrected chi connectivity index (χ4v) is 1.67. The van der Waals surface area contributed by atoms with E-state index in [4.69, 9.17) is 5.73 Å². The van der Waals surface area contributed by atoms with Crippen molar-refractivity contribution >= 4 is 5.69 Å². The second-order valence-electron chi connectivity index (χ2n) is 4.12. The summed E-state index contributed by atoms with van der Waals surface area (Å²) < 4.78 is 0. The summed E-state index contributed by atoms with van der Waals surface area (Å²) >= 11 is 0. The van der Waals surface area contributed by atoms with Crippen molar-refractivity contribution < 1.29 is 5.11 Å². The van der Waals surface area contributed by atoms with Gasteiger partial charge in [-0.2, -0.15) is 0 Å². The molecule has 3 heteroatoms. The summed E-state index contributed by atoms with van der Waals surface area (Å²) in [7, 11) is 1.97. The summed E-state index contributed by atoms with van der Waals surface area (Å²) in [5.74, 6) is 0. The Hall–Kier alpha value is -1.06. The molecule has 1 aromatic rings. The van der Waals surface area contributed by atoms with Gasteiger partial charge in [-0.1, -0.05) is 6.07 Å². The van der Waals surface area contributed by atoms with Crippen LogP contribution in [0.2, 0.25) is 0 Å². The Bertz CT molecular complexity index is 305. The molecule has 0 aromatic heterocycles. The van der Waals surface area contributed by atoms with E-state index in [-0.39, 0.29) is 0 Å². The molecule has 0 spiro atoms. The van der Waals surface area contributed by atoms with Crippen LogP contribution in [0.25, 0.3) is 0 Å². The SMILES string of the molecule is Cc1cc(C)cc(N(C)CC(O)CN)c1. The maximum atomic E-state index is 9.46. The molecule has 0 heterocycles. The highest BCUT2D eigenvalue weighted by atomic mass is 16.3. The van der Waals surface area contributed by atoms with Crippen LogP contribution in [0.3, 0.4) is 0 Å². The molecule has 0 fully saturated rings. The van der Waals surface area contributed by atoms with Gasteiger partial charge in [0, 0.05) is 25.8 Å². The topological polar surface area (TPSA) is 49.5 Å². The van der Waals surface area contributed by atoms with Crippen molar-refractivity contribution in [3.63, 3.8) is 0 Å². The molecule has 0 aliphatic heterocycles. The molecule has 0 saturated heterocycles. The highest BCUT2D eigenvalue weighted by Crippen LogP contribution is 2.17. The van der Waals surface area contributed by atoms with Gasteiger partial charge >= 0.3 is 0 Å². The second kappa shape index (κ2) is 5.14. The van der Waals surface area contributed by atoms with Crippen molar-refractivity contribution in [2.45, 2.75) is 20.0 Å². The largest absolute Gasteiger partial charge is 0.390 e. The third kappa shape index (κ3) is 3.53. The number of benzene rings is 1. The molecular weight excluding hydrogens is 188 g/mol. The standard InChI is InChI=1S/C12H20N2O/c1-9-4-10(2)6-11(5-9)14(3)8-12(15)7-13/h4-6,12,15H,7-8,13H2,1-3H3. The number of aliphatic hydroxyl groups is 1. The molecule has 0 aliphatic rings. The molecule has 1 unspecified atom stereocenters. The Morgan fingerprint density at radius 2 is 1.80 bits per heavy atom. The van der Waals surface area contributed by atoms with Crippen LogP contribution in [0, 0.1) is 13.8 Å². The predicted octanol–water partition coefficient (Wildman–Crippen LogP) is 1.06. The second-order valence-corrected chi connectivity index (χ2v) is 4.12. The van der Waals surface area contributed by atoms with E-state index < -0.39 is 6.10 Å². The Morgan fingerprint density at radius 3 is 2.27 bits per heavy atom. The minimum absolute atomic E-state index is 0.301. The Labute approximate surface area is 91.5 Å². The number of likely N-dealkylation sites (N-methyl/N-ethyl adjacent to an activating group) is 1. The zero-order chi connectivity index (χ0) is 11.4. The fraction of sp³-hybridized carbons (Fsp3) is 0.500. The van der Waals surface area contributed by atoms with Crippen LogP contribution in [0.1, 0.15) is 11.1 Å². The van der Waals surface area contributed by atoms with E-state index in [0.717, 1.165) is 5.69 Å². The van der Waals surface area contributed by atoms with Gasteiger partial charge in [0.1, 0.15) is 0 Å². The zero-order valence-electron chi connectivity index (χ0n) is 9.70. The average molecular weight is 208 g/mol. The third-order valence-corrected chi connectivity index (χ3v) is 2.40. The van der Waals surface area contributed by atoms with Crippen LogP contribution in [0.4, 0.5) is 5.69 Å². The lowest BCUT2D eigenvalue weighted by molar-refractivity contribution is 0.189. The number of aryl methyl sites for hydroxylation is 2. The van der Waals surface area contributed by atoms with E-state index in [0.29, 0.717) is 13.1 Å². The van der Waals surface area contributed by atoms with Crippen molar-refractivity contribution in [2.24, 2.45) is 5.73 Å². The molecule has 1 atom stereocenters. The van der Waals surface area contributed by atoms with Crippen molar-refractivity contribution in [1.29, 1.82) is 0 Å². The number of rotatable bonds is 4. The summed E-state index contributed by atoms with van der Waals surface area (Å²) in [6.07, 6.45) is -0.462. The molecule has 0 saturated carbocycles. The first-order chi connectivity index (χ1) is 7.02. The number of nitrogens with zero attached hydrogens (tertiary/aromatic N) is 1. The first kappa shape index (κ1) is 12.0. The van der Waals surface area contributed by atoms with Crippen LogP contribution in [0.5, 0.6) is 0 Å².